The smallest absolute Gasteiger partial charge is 0.265 e. The van der Waals surface area contributed by atoms with Crippen molar-refractivity contribution >= 4 is 16.9 Å². The fourth-order valence-corrected chi connectivity index (χ4v) is 1.95. The van der Waals surface area contributed by atoms with Gasteiger partial charge in [-0.05, 0) is 24.3 Å². The Morgan fingerprint density at radius 1 is 1.05 bits per heavy atom. The summed E-state index contributed by atoms with van der Waals surface area (Å²) in [6, 6.07) is 17.2. The molecular weight excluding hydrogens is 264 g/mol. The molecule has 4 heteroatoms. The summed E-state index contributed by atoms with van der Waals surface area (Å²) >= 11 is 0. The first-order valence-corrected chi connectivity index (χ1v) is 6.69. The highest BCUT2D eigenvalue weighted by Gasteiger charge is 2.13. The van der Waals surface area contributed by atoms with Crippen molar-refractivity contribution in [2.24, 2.45) is 0 Å². The highest BCUT2D eigenvalue weighted by molar-refractivity contribution is 5.74. The second kappa shape index (κ2) is 5.71. The average Bonchev–Trinajstić information content (AvgIpc) is 2.91. The molecule has 3 aromatic rings. The lowest BCUT2D eigenvalue weighted by Gasteiger charge is -2.10. The van der Waals surface area contributed by atoms with E-state index in [-0.39, 0.29) is 0 Å². The van der Waals surface area contributed by atoms with Gasteiger partial charge in [-0.25, -0.2) is 4.98 Å². The van der Waals surface area contributed by atoms with E-state index < -0.39 is 0 Å². The summed E-state index contributed by atoms with van der Waals surface area (Å²) in [6.45, 7) is 0. The second-order valence-electron chi connectivity index (χ2n) is 4.86. The van der Waals surface area contributed by atoms with Crippen molar-refractivity contribution in [1.82, 2.24) is 9.88 Å². The van der Waals surface area contributed by atoms with E-state index in [2.05, 4.69) is 4.98 Å². The lowest BCUT2D eigenvalue weighted by atomic mass is 10.3. The van der Waals surface area contributed by atoms with Gasteiger partial charge < -0.3 is 14.1 Å². The van der Waals surface area contributed by atoms with Crippen LogP contribution in [-0.4, -0.2) is 24.0 Å². The van der Waals surface area contributed by atoms with Crippen molar-refractivity contribution in [1.29, 1.82) is 0 Å². The number of hydrogen-bond donors (Lipinski definition) is 0. The Morgan fingerprint density at radius 2 is 1.76 bits per heavy atom. The van der Waals surface area contributed by atoms with E-state index in [4.69, 9.17) is 9.15 Å². The summed E-state index contributed by atoms with van der Waals surface area (Å²) < 4.78 is 11.7. The van der Waals surface area contributed by atoms with Crippen LogP contribution in [0.25, 0.3) is 16.9 Å². The van der Waals surface area contributed by atoms with Crippen LogP contribution in [-0.2, 0) is 0 Å². The molecule has 0 N–H and O–H groups in total. The minimum absolute atomic E-state index is 0.466. The Kier molecular flexibility index (Phi) is 3.60. The van der Waals surface area contributed by atoms with E-state index in [9.17, 15) is 0 Å². The largest absolute Gasteiger partial charge is 0.450 e. The SMILES string of the molecule is CN(C)/C=C(\Oc1ccccc1)c1nc2ccccc2o1. The number of fused-ring (bicyclic) bond motifs is 1. The molecule has 0 amide bonds. The van der Waals surface area contributed by atoms with Crippen LogP contribution >= 0.6 is 0 Å². The molecule has 0 atom stereocenters. The second-order valence-corrected chi connectivity index (χ2v) is 4.86. The Labute approximate surface area is 123 Å². The van der Waals surface area contributed by atoms with Crippen molar-refractivity contribution in [3.63, 3.8) is 0 Å². The van der Waals surface area contributed by atoms with Crippen LogP contribution in [0.4, 0.5) is 0 Å². The van der Waals surface area contributed by atoms with Gasteiger partial charge in [-0.3, -0.25) is 0 Å². The summed E-state index contributed by atoms with van der Waals surface area (Å²) in [5.74, 6) is 1.78. The first-order valence-electron chi connectivity index (χ1n) is 6.69. The quantitative estimate of drug-likeness (QED) is 0.682. The van der Waals surface area contributed by atoms with Gasteiger partial charge in [0.2, 0.25) is 5.76 Å². The molecule has 0 aliphatic carbocycles. The molecule has 3 rings (SSSR count). The molecule has 0 saturated heterocycles. The fraction of sp³-hybridized carbons (Fsp3) is 0.118. The maximum Gasteiger partial charge on any atom is 0.265 e. The summed E-state index contributed by atoms with van der Waals surface area (Å²) in [6.07, 6.45) is 1.84. The van der Waals surface area contributed by atoms with E-state index in [1.165, 1.54) is 0 Å². The number of rotatable bonds is 4. The van der Waals surface area contributed by atoms with E-state index in [0.29, 0.717) is 11.6 Å². The van der Waals surface area contributed by atoms with Crippen LogP contribution in [0.3, 0.4) is 0 Å². The fourth-order valence-electron chi connectivity index (χ4n) is 1.95. The van der Waals surface area contributed by atoms with Gasteiger partial charge in [-0.15, -0.1) is 0 Å². The Balaban J connectivity index is 1.99. The third-order valence-corrected chi connectivity index (χ3v) is 2.85. The van der Waals surface area contributed by atoms with Gasteiger partial charge >= 0.3 is 0 Å². The molecule has 2 aromatic carbocycles. The summed E-state index contributed by atoms with van der Waals surface area (Å²) in [7, 11) is 3.86. The number of hydrogen-bond acceptors (Lipinski definition) is 4. The van der Waals surface area contributed by atoms with Crippen LogP contribution in [0.2, 0.25) is 0 Å². The van der Waals surface area contributed by atoms with Crippen LogP contribution in [0.15, 0.2) is 65.2 Å². The molecule has 0 aliphatic heterocycles. The molecule has 0 unspecified atom stereocenters. The predicted octanol–water partition coefficient (Wildman–Crippen LogP) is 3.77. The van der Waals surface area contributed by atoms with Gasteiger partial charge in [0.1, 0.15) is 11.3 Å². The molecule has 1 aromatic heterocycles. The molecule has 1 heterocycles. The molecule has 0 saturated carbocycles. The van der Waals surface area contributed by atoms with Crippen LogP contribution in [0.1, 0.15) is 5.89 Å². The number of para-hydroxylation sites is 3. The Bertz CT molecular complexity index is 728. The number of nitrogens with zero attached hydrogens (tertiary/aromatic N) is 2. The standard InChI is InChI=1S/C17H16N2O2/c1-19(2)12-16(20-13-8-4-3-5-9-13)17-18-14-10-6-7-11-15(14)21-17/h3-12H,1-2H3/b16-12-. The normalized spacial score (nSPS) is 11.6. The first kappa shape index (κ1) is 13.2. The molecule has 4 nitrogen and oxygen atoms in total. The van der Waals surface area contributed by atoms with Gasteiger partial charge in [-0.2, -0.15) is 0 Å². The van der Waals surface area contributed by atoms with E-state index in [1.54, 1.807) is 0 Å². The maximum absolute atomic E-state index is 5.90. The van der Waals surface area contributed by atoms with E-state index in [0.717, 1.165) is 16.8 Å². The lowest BCUT2D eigenvalue weighted by molar-refractivity contribution is 0.450. The van der Waals surface area contributed by atoms with Crippen molar-refractivity contribution in [3.8, 4) is 5.75 Å². The average molecular weight is 280 g/mol. The predicted molar refractivity (Wildman–Crippen MR) is 82.7 cm³/mol. The summed E-state index contributed by atoms with van der Waals surface area (Å²) in [4.78, 5) is 6.37. The topological polar surface area (TPSA) is 38.5 Å². The maximum atomic E-state index is 5.90. The molecule has 0 radical (unpaired) electrons. The molecule has 0 fully saturated rings. The van der Waals surface area contributed by atoms with Gasteiger partial charge in [0.05, 0.1) is 0 Å². The van der Waals surface area contributed by atoms with Gasteiger partial charge in [-0.1, -0.05) is 30.3 Å². The highest BCUT2D eigenvalue weighted by Crippen LogP contribution is 2.24. The Hall–Kier alpha value is -2.75. The summed E-state index contributed by atoms with van der Waals surface area (Å²) in [5.41, 5.74) is 1.56. The van der Waals surface area contributed by atoms with Crippen LogP contribution in [0, 0.1) is 0 Å². The minimum Gasteiger partial charge on any atom is -0.450 e. The van der Waals surface area contributed by atoms with Crippen molar-refractivity contribution < 1.29 is 9.15 Å². The molecular formula is C17H16N2O2. The number of aromatic nitrogens is 1. The monoisotopic (exact) mass is 280 g/mol. The van der Waals surface area contributed by atoms with Gasteiger partial charge in [0.25, 0.3) is 5.89 Å². The van der Waals surface area contributed by atoms with E-state index >= 15 is 0 Å². The third kappa shape index (κ3) is 3.05. The molecule has 106 valence electrons. The zero-order valence-corrected chi connectivity index (χ0v) is 12.0. The zero-order valence-electron chi connectivity index (χ0n) is 12.0. The first-order chi connectivity index (χ1) is 10.2. The zero-order chi connectivity index (χ0) is 14.7. The number of oxazole rings is 1. The lowest BCUT2D eigenvalue weighted by Crippen LogP contribution is -2.06. The van der Waals surface area contributed by atoms with Gasteiger partial charge in [0, 0.05) is 20.3 Å². The molecule has 0 bridgehead atoms. The third-order valence-electron chi connectivity index (χ3n) is 2.85. The summed E-state index contributed by atoms with van der Waals surface area (Å²) in [5, 5.41) is 0. The van der Waals surface area contributed by atoms with E-state index in [1.807, 2.05) is 79.8 Å². The van der Waals surface area contributed by atoms with Gasteiger partial charge in [0.15, 0.2) is 5.58 Å². The molecule has 0 aliphatic rings. The highest BCUT2D eigenvalue weighted by atomic mass is 16.5. The molecule has 0 spiro atoms. The number of ether oxygens (including phenoxy) is 1. The molecule has 21 heavy (non-hydrogen) atoms. The number of benzene rings is 2. The van der Waals surface area contributed by atoms with Crippen molar-refractivity contribution in [3.05, 3.63) is 66.7 Å². The van der Waals surface area contributed by atoms with Crippen LogP contribution in [0.5, 0.6) is 5.75 Å². The van der Waals surface area contributed by atoms with Crippen molar-refractivity contribution in [2.75, 3.05) is 14.1 Å². The van der Waals surface area contributed by atoms with Crippen molar-refractivity contribution in [2.45, 2.75) is 0 Å². The Morgan fingerprint density at radius 3 is 2.48 bits per heavy atom. The van der Waals surface area contributed by atoms with Crippen LogP contribution < -0.4 is 4.74 Å². The minimum atomic E-state index is 0.466.